The van der Waals surface area contributed by atoms with Crippen molar-refractivity contribution >= 4 is 17.2 Å². The first-order chi connectivity index (χ1) is 14.3. The maximum Gasteiger partial charge on any atom is 0.425 e. The quantitative estimate of drug-likeness (QED) is 0.773. The third-order valence-corrected chi connectivity index (χ3v) is 7.26. The summed E-state index contributed by atoms with van der Waals surface area (Å²) in [6.07, 6.45) is 1.73. The molecule has 1 saturated heterocycles. The summed E-state index contributed by atoms with van der Waals surface area (Å²) in [5.74, 6) is -0.0255. The van der Waals surface area contributed by atoms with Crippen molar-refractivity contribution in [2.75, 3.05) is 26.7 Å². The largest absolute Gasteiger partial charge is 0.425 e. The molecule has 0 aromatic carbocycles. The van der Waals surface area contributed by atoms with E-state index in [-0.39, 0.29) is 5.91 Å². The number of rotatable bonds is 5. The summed E-state index contributed by atoms with van der Waals surface area (Å²) in [7, 11) is 1.61. The van der Waals surface area contributed by atoms with E-state index < -0.39 is 16.7 Å². The molecule has 0 aliphatic carbocycles. The number of ether oxygens (including phenoxy) is 1. The van der Waals surface area contributed by atoms with Crippen LogP contribution in [0, 0.1) is 0 Å². The van der Waals surface area contributed by atoms with E-state index >= 15 is 0 Å². The second kappa shape index (κ2) is 8.32. The van der Waals surface area contributed by atoms with Crippen LogP contribution in [0.25, 0.3) is 0 Å². The molecule has 0 atom stereocenters. The number of alkyl halides is 3. The number of hydrogen-bond acceptors (Lipinski definition) is 5. The Balaban J connectivity index is 1.38. The Kier molecular flexibility index (Phi) is 5.91. The molecule has 6 nitrogen and oxygen atoms in total. The van der Waals surface area contributed by atoms with Gasteiger partial charge in [-0.3, -0.25) is 14.4 Å². The molecule has 0 radical (unpaired) electrons. The van der Waals surface area contributed by atoms with Gasteiger partial charge < -0.3 is 10.1 Å². The number of thiophene rings is 1. The smallest absolute Gasteiger partial charge is 0.369 e. The molecule has 2 aliphatic rings. The lowest BCUT2D eigenvalue weighted by molar-refractivity contribution is -0.134. The van der Waals surface area contributed by atoms with Gasteiger partial charge in [0.2, 0.25) is 5.91 Å². The zero-order valence-electron chi connectivity index (χ0n) is 16.8. The molecule has 10 heteroatoms. The van der Waals surface area contributed by atoms with E-state index in [0.717, 1.165) is 47.0 Å². The SMILES string of the molecule is CNC(=O)CCn1cc(CN2CCC3(CC2)OCCc2cc(C(F)(F)F)sc23)cn1. The Morgan fingerprint density at radius 3 is 2.83 bits per heavy atom. The number of likely N-dealkylation sites (tertiary alicyclic amines) is 1. The highest BCUT2D eigenvalue weighted by molar-refractivity contribution is 7.12. The first-order valence-electron chi connectivity index (χ1n) is 10.1. The normalized spacial score (nSPS) is 19.1. The third-order valence-electron chi connectivity index (χ3n) is 5.86. The summed E-state index contributed by atoms with van der Waals surface area (Å²) < 4.78 is 47.4. The van der Waals surface area contributed by atoms with Gasteiger partial charge in [0.15, 0.2) is 0 Å². The topological polar surface area (TPSA) is 59.4 Å². The van der Waals surface area contributed by atoms with Crippen LogP contribution in [0.1, 0.15) is 40.1 Å². The number of fused-ring (bicyclic) bond motifs is 2. The van der Waals surface area contributed by atoms with Gasteiger partial charge in [0.05, 0.1) is 12.8 Å². The molecule has 1 amide bonds. The molecule has 4 heterocycles. The van der Waals surface area contributed by atoms with Crippen molar-refractivity contribution < 1.29 is 22.7 Å². The number of piperidine rings is 1. The number of nitrogens with zero attached hydrogens (tertiary/aromatic N) is 3. The fourth-order valence-corrected chi connectivity index (χ4v) is 5.49. The Labute approximate surface area is 177 Å². The number of hydrogen-bond donors (Lipinski definition) is 1. The standard InChI is InChI=1S/C20H25F3N4O2S/c1-24-17(28)2-6-27-13-14(11-25-27)12-26-7-4-19(5-8-26)18-15(3-9-29-19)10-16(30-18)20(21,22)23/h10-11,13H,2-9,12H2,1H3,(H,24,28). The zero-order valence-corrected chi connectivity index (χ0v) is 17.6. The predicted molar refractivity (Wildman–Crippen MR) is 106 cm³/mol. The lowest BCUT2D eigenvalue weighted by Crippen LogP contribution is -2.45. The van der Waals surface area contributed by atoms with Crippen LogP contribution < -0.4 is 5.32 Å². The van der Waals surface area contributed by atoms with Crippen LogP contribution in [0.4, 0.5) is 13.2 Å². The molecule has 1 spiro atoms. The van der Waals surface area contributed by atoms with Crippen LogP contribution in [-0.4, -0.2) is 47.3 Å². The molecular weight excluding hydrogens is 417 g/mol. The number of carbonyl (C=O) groups excluding carboxylic acids is 1. The van der Waals surface area contributed by atoms with Gasteiger partial charge >= 0.3 is 6.18 Å². The van der Waals surface area contributed by atoms with Crippen molar-refractivity contribution in [1.82, 2.24) is 20.0 Å². The number of aromatic nitrogens is 2. The highest BCUT2D eigenvalue weighted by Gasteiger charge is 2.45. The molecule has 1 fully saturated rings. The Morgan fingerprint density at radius 1 is 1.37 bits per heavy atom. The van der Waals surface area contributed by atoms with Gasteiger partial charge in [0, 0.05) is 56.3 Å². The number of aryl methyl sites for hydroxylation is 1. The Hall–Kier alpha value is -1.91. The minimum atomic E-state index is -4.30. The van der Waals surface area contributed by atoms with Gasteiger partial charge in [-0.05, 0) is 30.9 Å². The summed E-state index contributed by atoms with van der Waals surface area (Å²) in [5, 5.41) is 6.90. The molecular formula is C20H25F3N4O2S. The fraction of sp³-hybridized carbons (Fsp3) is 0.600. The number of carbonyl (C=O) groups is 1. The molecule has 30 heavy (non-hydrogen) atoms. The van der Waals surface area contributed by atoms with Gasteiger partial charge in [0.25, 0.3) is 0 Å². The van der Waals surface area contributed by atoms with E-state index in [1.807, 2.05) is 6.20 Å². The number of nitrogens with one attached hydrogen (secondary N) is 1. The van der Waals surface area contributed by atoms with E-state index in [4.69, 9.17) is 4.74 Å². The summed E-state index contributed by atoms with van der Waals surface area (Å²) in [4.78, 5) is 13.9. The summed E-state index contributed by atoms with van der Waals surface area (Å²) in [6, 6.07) is 1.31. The molecule has 0 saturated carbocycles. The summed E-state index contributed by atoms with van der Waals surface area (Å²) >= 11 is 0.851. The van der Waals surface area contributed by atoms with E-state index in [2.05, 4.69) is 15.3 Å². The monoisotopic (exact) mass is 442 g/mol. The Morgan fingerprint density at radius 2 is 2.13 bits per heavy atom. The fourth-order valence-electron chi connectivity index (χ4n) is 4.22. The van der Waals surface area contributed by atoms with Crippen molar-refractivity contribution in [3.63, 3.8) is 0 Å². The van der Waals surface area contributed by atoms with Gasteiger partial charge in [-0.2, -0.15) is 18.3 Å². The van der Waals surface area contributed by atoms with Crippen LogP contribution in [0.3, 0.4) is 0 Å². The molecule has 0 bridgehead atoms. The van der Waals surface area contributed by atoms with Crippen molar-refractivity contribution in [1.29, 1.82) is 0 Å². The van der Waals surface area contributed by atoms with E-state index in [0.29, 0.717) is 38.8 Å². The van der Waals surface area contributed by atoms with E-state index in [1.54, 1.807) is 17.9 Å². The van der Waals surface area contributed by atoms with Crippen molar-refractivity contribution in [3.05, 3.63) is 39.3 Å². The molecule has 2 aromatic rings. The average molecular weight is 443 g/mol. The van der Waals surface area contributed by atoms with Gasteiger partial charge in [-0.25, -0.2) is 0 Å². The van der Waals surface area contributed by atoms with Crippen LogP contribution in [0.15, 0.2) is 18.5 Å². The lowest BCUT2D eigenvalue weighted by atomic mass is 9.85. The lowest BCUT2D eigenvalue weighted by Gasteiger charge is -2.43. The third kappa shape index (κ3) is 4.40. The van der Waals surface area contributed by atoms with Crippen LogP contribution in [-0.2, 0) is 40.8 Å². The highest BCUT2D eigenvalue weighted by atomic mass is 32.1. The molecule has 2 aromatic heterocycles. The van der Waals surface area contributed by atoms with Crippen molar-refractivity contribution in [2.24, 2.45) is 0 Å². The first-order valence-corrected chi connectivity index (χ1v) is 10.9. The zero-order chi connectivity index (χ0) is 21.4. The van der Waals surface area contributed by atoms with Gasteiger partial charge in [-0.15, -0.1) is 11.3 Å². The number of halogens is 3. The molecule has 0 unspecified atom stereocenters. The predicted octanol–water partition coefficient (Wildman–Crippen LogP) is 3.16. The second-order valence-electron chi connectivity index (χ2n) is 7.87. The van der Waals surface area contributed by atoms with Gasteiger partial charge in [-0.1, -0.05) is 0 Å². The maximum absolute atomic E-state index is 13.2. The minimum absolute atomic E-state index is 0.0255. The van der Waals surface area contributed by atoms with E-state index in [1.165, 1.54) is 6.07 Å². The van der Waals surface area contributed by atoms with E-state index in [9.17, 15) is 18.0 Å². The van der Waals surface area contributed by atoms with Crippen molar-refractivity contribution in [2.45, 2.75) is 50.6 Å². The molecule has 4 rings (SSSR count). The second-order valence-corrected chi connectivity index (χ2v) is 8.92. The minimum Gasteiger partial charge on any atom is -0.369 e. The summed E-state index contributed by atoms with van der Waals surface area (Å²) in [5.41, 5.74) is 1.27. The molecule has 1 N–H and O–H groups in total. The average Bonchev–Trinajstić information content (AvgIpc) is 3.35. The summed E-state index contributed by atoms with van der Waals surface area (Å²) in [6.45, 7) is 3.23. The molecule has 164 valence electrons. The molecule has 2 aliphatic heterocycles. The Bertz CT molecular complexity index is 900. The van der Waals surface area contributed by atoms with Crippen LogP contribution >= 0.6 is 11.3 Å². The van der Waals surface area contributed by atoms with Crippen molar-refractivity contribution in [3.8, 4) is 0 Å². The first kappa shape index (κ1) is 21.3. The maximum atomic E-state index is 13.2. The van der Waals surface area contributed by atoms with Gasteiger partial charge in [0.1, 0.15) is 10.5 Å². The van der Waals surface area contributed by atoms with Crippen LogP contribution in [0.2, 0.25) is 0 Å². The highest BCUT2D eigenvalue weighted by Crippen LogP contribution is 2.48. The number of amides is 1. The van der Waals surface area contributed by atoms with Crippen LogP contribution in [0.5, 0.6) is 0 Å².